The zero-order valence-electron chi connectivity index (χ0n) is 8.35. The largest absolute Gasteiger partial charge is 0.414 e. The fourth-order valence-electron chi connectivity index (χ4n) is 1.09. The molecule has 0 aliphatic carbocycles. The maximum Gasteiger partial charge on any atom is 0.253 e. The number of hydrogen-bond acceptors (Lipinski definition) is 3. The summed E-state index contributed by atoms with van der Waals surface area (Å²) in [4.78, 5) is 0. The van der Waals surface area contributed by atoms with Gasteiger partial charge in [-0.3, -0.25) is 0 Å². The van der Waals surface area contributed by atoms with Gasteiger partial charge in [-0.15, -0.1) is 0 Å². The molecule has 0 aromatic carbocycles. The Labute approximate surface area is 75.1 Å². The van der Waals surface area contributed by atoms with Crippen LogP contribution < -0.4 is 0 Å². The highest BCUT2D eigenvalue weighted by molar-refractivity contribution is 6.74. The molecular formula is C8H18O3Si. The number of hydrogen-bond donors (Lipinski definition) is 0. The number of epoxide rings is 1. The van der Waals surface area contributed by atoms with E-state index in [0.717, 1.165) is 13.0 Å². The van der Waals surface area contributed by atoms with E-state index < -0.39 is 8.32 Å². The average Bonchev–Trinajstić information content (AvgIpc) is 2.82. The molecule has 3 nitrogen and oxygen atoms in total. The van der Waals surface area contributed by atoms with Crippen molar-refractivity contribution in [2.45, 2.75) is 31.8 Å². The van der Waals surface area contributed by atoms with Crippen molar-refractivity contribution in [3.8, 4) is 0 Å². The van der Waals surface area contributed by atoms with Crippen molar-refractivity contribution in [3.05, 3.63) is 0 Å². The molecule has 12 heavy (non-hydrogen) atoms. The Balaban J connectivity index is 2.48. The van der Waals surface area contributed by atoms with Gasteiger partial charge in [0.15, 0.2) is 0 Å². The molecule has 1 aliphatic rings. The van der Waals surface area contributed by atoms with Gasteiger partial charge < -0.3 is 13.9 Å². The summed E-state index contributed by atoms with van der Waals surface area (Å²) in [6.07, 6.45) is 1.03. The first kappa shape index (κ1) is 10.2. The molecular weight excluding hydrogens is 172 g/mol. The lowest BCUT2D eigenvalue weighted by atomic mass is 10.5. The van der Waals surface area contributed by atoms with E-state index in [-0.39, 0.29) is 5.41 Å². The molecule has 0 aromatic heterocycles. The molecule has 0 saturated carbocycles. The van der Waals surface area contributed by atoms with E-state index in [1.165, 1.54) is 0 Å². The first-order valence-corrected chi connectivity index (χ1v) is 7.32. The van der Waals surface area contributed by atoms with Crippen molar-refractivity contribution in [3.63, 3.8) is 0 Å². The molecule has 0 spiro atoms. The van der Waals surface area contributed by atoms with Gasteiger partial charge in [-0.2, -0.15) is 0 Å². The molecule has 0 amide bonds. The van der Waals surface area contributed by atoms with Gasteiger partial charge in [-0.05, 0) is 19.5 Å². The van der Waals surface area contributed by atoms with Gasteiger partial charge >= 0.3 is 0 Å². The Hall–Kier alpha value is 0.0969. The molecule has 1 saturated heterocycles. The monoisotopic (exact) mass is 190 g/mol. The van der Waals surface area contributed by atoms with E-state index in [4.69, 9.17) is 13.9 Å². The summed E-state index contributed by atoms with van der Waals surface area (Å²) >= 11 is 0. The van der Waals surface area contributed by atoms with Gasteiger partial charge in [0.25, 0.3) is 8.32 Å². The summed E-state index contributed by atoms with van der Waals surface area (Å²) in [6.45, 7) is 7.81. The van der Waals surface area contributed by atoms with Crippen LogP contribution in [0, 0.1) is 0 Å². The van der Waals surface area contributed by atoms with Crippen LogP contribution in [0.15, 0.2) is 0 Å². The second kappa shape index (κ2) is 3.45. The zero-order chi connectivity index (χ0) is 9.24. The molecule has 1 rings (SSSR count). The van der Waals surface area contributed by atoms with Gasteiger partial charge in [-0.25, -0.2) is 0 Å². The third-order valence-corrected chi connectivity index (χ3v) is 5.66. The van der Waals surface area contributed by atoms with Crippen LogP contribution in [0.25, 0.3) is 0 Å². The zero-order valence-corrected chi connectivity index (χ0v) is 9.35. The van der Waals surface area contributed by atoms with E-state index in [0.29, 0.717) is 6.61 Å². The number of rotatable bonds is 5. The van der Waals surface area contributed by atoms with Crippen LogP contribution in [0.1, 0.15) is 13.3 Å². The van der Waals surface area contributed by atoms with E-state index in [9.17, 15) is 0 Å². The second-order valence-electron chi connectivity index (χ2n) is 3.60. The summed E-state index contributed by atoms with van der Waals surface area (Å²) in [5.41, 5.74) is -0.336. The maximum absolute atomic E-state index is 5.66. The quantitative estimate of drug-likeness (QED) is 0.486. The Morgan fingerprint density at radius 1 is 1.50 bits per heavy atom. The van der Waals surface area contributed by atoms with Crippen LogP contribution in [0.4, 0.5) is 0 Å². The smallest absolute Gasteiger partial charge is 0.253 e. The SMILES string of the molecule is CCCOC1([Si](C)(C)OC)CO1. The van der Waals surface area contributed by atoms with E-state index >= 15 is 0 Å². The normalized spacial score (nSPS) is 29.0. The summed E-state index contributed by atoms with van der Waals surface area (Å²) in [6, 6.07) is 0. The second-order valence-corrected chi connectivity index (χ2v) is 7.80. The predicted molar refractivity (Wildman–Crippen MR) is 49.4 cm³/mol. The van der Waals surface area contributed by atoms with Crippen molar-refractivity contribution >= 4 is 8.32 Å². The maximum atomic E-state index is 5.66. The minimum absolute atomic E-state index is 0.336. The van der Waals surface area contributed by atoms with Crippen molar-refractivity contribution < 1.29 is 13.9 Å². The minimum Gasteiger partial charge on any atom is -0.414 e. The van der Waals surface area contributed by atoms with Gasteiger partial charge in [0.05, 0.1) is 0 Å². The van der Waals surface area contributed by atoms with Crippen LogP contribution in [-0.2, 0) is 13.9 Å². The highest BCUT2D eigenvalue weighted by atomic mass is 28.4. The van der Waals surface area contributed by atoms with Crippen LogP contribution in [0.3, 0.4) is 0 Å². The Kier molecular flexibility index (Phi) is 2.93. The molecule has 0 N–H and O–H groups in total. The van der Waals surface area contributed by atoms with Gasteiger partial charge in [-0.1, -0.05) is 6.92 Å². The lowest BCUT2D eigenvalue weighted by molar-refractivity contribution is -0.00277. The molecule has 0 radical (unpaired) electrons. The van der Waals surface area contributed by atoms with Crippen molar-refractivity contribution in [1.29, 1.82) is 0 Å². The lowest BCUT2D eigenvalue weighted by Gasteiger charge is -2.27. The molecule has 72 valence electrons. The van der Waals surface area contributed by atoms with E-state index in [1.54, 1.807) is 7.11 Å². The Morgan fingerprint density at radius 3 is 2.42 bits per heavy atom. The third-order valence-electron chi connectivity index (χ3n) is 2.37. The van der Waals surface area contributed by atoms with Crippen LogP contribution in [0.5, 0.6) is 0 Å². The van der Waals surface area contributed by atoms with Crippen LogP contribution in [-0.4, -0.2) is 34.1 Å². The van der Waals surface area contributed by atoms with Crippen molar-refractivity contribution in [2.24, 2.45) is 0 Å². The number of ether oxygens (including phenoxy) is 2. The summed E-state index contributed by atoms with van der Waals surface area (Å²) in [7, 11) is -0.0344. The summed E-state index contributed by atoms with van der Waals surface area (Å²) in [5, 5.41) is 0. The molecule has 1 fully saturated rings. The van der Waals surface area contributed by atoms with Gasteiger partial charge in [0.1, 0.15) is 6.61 Å². The molecule has 4 heteroatoms. The molecule has 1 heterocycles. The van der Waals surface area contributed by atoms with Gasteiger partial charge in [0.2, 0.25) is 5.41 Å². The molecule has 0 bridgehead atoms. The fraction of sp³-hybridized carbons (Fsp3) is 1.00. The van der Waals surface area contributed by atoms with Crippen molar-refractivity contribution in [2.75, 3.05) is 20.3 Å². The Bertz CT molecular complexity index is 154. The highest BCUT2D eigenvalue weighted by Gasteiger charge is 2.61. The average molecular weight is 190 g/mol. The fourth-order valence-corrected chi connectivity index (χ4v) is 2.62. The van der Waals surface area contributed by atoms with E-state index in [2.05, 4.69) is 20.0 Å². The molecule has 1 atom stereocenters. The Morgan fingerprint density at radius 2 is 2.08 bits per heavy atom. The predicted octanol–water partition coefficient (Wildman–Crippen LogP) is 1.53. The molecule has 1 unspecified atom stereocenters. The minimum atomic E-state index is -1.78. The molecule has 0 aromatic rings. The molecule has 1 aliphatic heterocycles. The first-order valence-electron chi connectivity index (χ1n) is 4.41. The van der Waals surface area contributed by atoms with E-state index in [1.807, 2.05) is 0 Å². The lowest BCUT2D eigenvalue weighted by Crippen LogP contribution is -2.49. The van der Waals surface area contributed by atoms with Gasteiger partial charge in [0, 0.05) is 13.7 Å². The standard InChI is InChI=1S/C8H18O3Si/c1-5-6-10-8(7-11-8)12(3,4)9-2/h5-7H2,1-4H3. The highest BCUT2D eigenvalue weighted by Crippen LogP contribution is 2.38. The summed E-state index contributed by atoms with van der Waals surface area (Å²) < 4.78 is 16.5. The summed E-state index contributed by atoms with van der Waals surface area (Å²) in [5.74, 6) is 0. The topological polar surface area (TPSA) is 31.0 Å². The van der Waals surface area contributed by atoms with Crippen LogP contribution >= 0.6 is 0 Å². The first-order chi connectivity index (χ1) is 5.58. The third kappa shape index (κ3) is 1.71. The van der Waals surface area contributed by atoms with Crippen LogP contribution in [0.2, 0.25) is 13.1 Å². The van der Waals surface area contributed by atoms with Crippen molar-refractivity contribution in [1.82, 2.24) is 0 Å².